The normalized spacial score (nSPS) is 10.0. The third kappa shape index (κ3) is 3.51. The Labute approximate surface area is 112 Å². The van der Waals surface area contributed by atoms with Gasteiger partial charge in [-0.3, -0.25) is 4.79 Å². The highest BCUT2D eigenvalue weighted by molar-refractivity contribution is 6.04. The zero-order valence-corrected chi connectivity index (χ0v) is 11.0. The van der Waals surface area contributed by atoms with Crippen molar-refractivity contribution in [1.29, 1.82) is 0 Å². The summed E-state index contributed by atoms with van der Waals surface area (Å²) >= 11 is 0. The molecule has 0 unspecified atom stereocenters. The van der Waals surface area contributed by atoms with Gasteiger partial charge in [-0.2, -0.15) is 0 Å². The number of aryl methyl sites for hydroxylation is 1. The summed E-state index contributed by atoms with van der Waals surface area (Å²) in [7, 11) is 0. The second-order valence-corrected chi connectivity index (χ2v) is 4.13. The van der Waals surface area contributed by atoms with Crippen LogP contribution in [-0.2, 0) is 0 Å². The maximum Gasteiger partial charge on any atom is 0.257 e. The molecule has 0 saturated carbocycles. The average Bonchev–Trinajstić information content (AvgIpc) is 2.39. The van der Waals surface area contributed by atoms with E-state index in [0.717, 1.165) is 12.1 Å². The highest BCUT2D eigenvalue weighted by Crippen LogP contribution is 2.10. The first-order chi connectivity index (χ1) is 9.19. The SMILES string of the molecule is CCNc1cc(C(=O)Nc2cc(C)ccn2)ccn1. The maximum absolute atomic E-state index is 12.1. The molecule has 2 rings (SSSR count). The molecule has 0 aromatic carbocycles. The molecule has 0 aliphatic rings. The van der Waals surface area contributed by atoms with Gasteiger partial charge < -0.3 is 10.6 Å². The largest absolute Gasteiger partial charge is 0.370 e. The number of nitrogens with one attached hydrogen (secondary N) is 2. The zero-order chi connectivity index (χ0) is 13.7. The first-order valence-corrected chi connectivity index (χ1v) is 6.13. The Morgan fingerprint density at radius 1 is 1.16 bits per heavy atom. The Morgan fingerprint density at radius 2 is 1.89 bits per heavy atom. The summed E-state index contributed by atoms with van der Waals surface area (Å²) in [4.78, 5) is 20.3. The molecule has 0 aliphatic carbocycles. The first-order valence-electron chi connectivity index (χ1n) is 6.13. The van der Waals surface area contributed by atoms with Gasteiger partial charge in [0.25, 0.3) is 5.91 Å². The lowest BCUT2D eigenvalue weighted by molar-refractivity contribution is 0.102. The van der Waals surface area contributed by atoms with Gasteiger partial charge in [-0.15, -0.1) is 0 Å². The fourth-order valence-electron chi connectivity index (χ4n) is 1.64. The summed E-state index contributed by atoms with van der Waals surface area (Å²) in [6, 6.07) is 7.09. The number of anilines is 2. The van der Waals surface area contributed by atoms with Crippen LogP contribution in [0.4, 0.5) is 11.6 Å². The Hall–Kier alpha value is -2.43. The van der Waals surface area contributed by atoms with Crippen LogP contribution in [0.2, 0.25) is 0 Å². The third-order valence-corrected chi connectivity index (χ3v) is 2.54. The van der Waals surface area contributed by atoms with E-state index in [-0.39, 0.29) is 5.91 Å². The lowest BCUT2D eigenvalue weighted by atomic mass is 10.2. The van der Waals surface area contributed by atoms with Gasteiger partial charge in [0.1, 0.15) is 11.6 Å². The Morgan fingerprint density at radius 3 is 2.63 bits per heavy atom. The monoisotopic (exact) mass is 256 g/mol. The smallest absolute Gasteiger partial charge is 0.257 e. The Kier molecular flexibility index (Phi) is 4.07. The van der Waals surface area contributed by atoms with Crippen molar-refractivity contribution in [2.24, 2.45) is 0 Å². The quantitative estimate of drug-likeness (QED) is 0.881. The molecule has 0 fully saturated rings. The van der Waals surface area contributed by atoms with E-state index in [1.54, 1.807) is 24.5 Å². The molecule has 2 aromatic rings. The van der Waals surface area contributed by atoms with Crippen molar-refractivity contribution in [2.45, 2.75) is 13.8 Å². The van der Waals surface area contributed by atoms with Crippen molar-refractivity contribution >= 4 is 17.5 Å². The summed E-state index contributed by atoms with van der Waals surface area (Å²) in [5.74, 6) is 1.04. The van der Waals surface area contributed by atoms with Gasteiger partial charge in [0.05, 0.1) is 0 Å². The van der Waals surface area contributed by atoms with Crippen LogP contribution in [0.5, 0.6) is 0 Å². The molecular weight excluding hydrogens is 240 g/mol. The summed E-state index contributed by atoms with van der Waals surface area (Å²) < 4.78 is 0. The van der Waals surface area contributed by atoms with Crippen LogP contribution in [0, 0.1) is 6.92 Å². The number of carbonyl (C=O) groups is 1. The van der Waals surface area contributed by atoms with E-state index in [1.807, 2.05) is 26.0 Å². The predicted octanol–water partition coefficient (Wildman–Crippen LogP) is 2.47. The fourth-order valence-corrected chi connectivity index (χ4v) is 1.64. The van der Waals surface area contributed by atoms with Gasteiger partial charge in [-0.05, 0) is 43.7 Å². The molecule has 0 radical (unpaired) electrons. The number of carbonyl (C=O) groups excluding carboxylic acids is 1. The molecule has 19 heavy (non-hydrogen) atoms. The zero-order valence-electron chi connectivity index (χ0n) is 11.0. The van der Waals surface area contributed by atoms with Gasteiger partial charge in [-0.1, -0.05) is 0 Å². The number of nitrogens with zero attached hydrogens (tertiary/aromatic N) is 2. The van der Waals surface area contributed by atoms with E-state index in [9.17, 15) is 4.79 Å². The maximum atomic E-state index is 12.1. The third-order valence-electron chi connectivity index (χ3n) is 2.54. The van der Waals surface area contributed by atoms with E-state index in [4.69, 9.17) is 0 Å². The Bertz CT molecular complexity index is 583. The van der Waals surface area contributed by atoms with Gasteiger partial charge >= 0.3 is 0 Å². The molecule has 2 N–H and O–H groups in total. The van der Waals surface area contributed by atoms with E-state index < -0.39 is 0 Å². The number of hydrogen-bond donors (Lipinski definition) is 2. The van der Waals surface area contributed by atoms with Crippen molar-refractivity contribution in [1.82, 2.24) is 9.97 Å². The highest BCUT2D eigenvalue weighted by atomic mass is 16.1. The topological polar surface area (TPSA) is 66.9 Å². The molecule has 0 saturated heterocycles. The molecule has 0 spiro atoms. The van der Waals surface area contributed by atoms with Crippen LogP contribution in [0.1, 0.15) is 22.8 Å². The van der Waals surface area contributed by atoms with Crippen LogP contribution in [0.25, 0.3) is 0 Å². The molecule has 98 valence electrons. The molecule has 2 heterocycles. The lowest BCUT2D eigenvalue weighted by Gasteiger charge is -2.07. The summed E-state index contributed by atoms with van der Waals surface area (Å²) in [5.41, 5.74) is 1.60. The van der Waals surface area contributed by atoms with Gasteiger partial charge in [0.15, 0.2) is 0 Å². The summed E-state index contributed by atoms with van der Waals surface area (Å²) in [6.07, 6.45) is 3.28. The van der Waals surface area contributed by atoms with E-state index in [1.165, 1.54) is 0 Å². The molecule has 1 amide bonds. The first kappa shape index (κ1) is 13.0. The molecule has 0 atom stereocenters. The fraction of sp³-hybridized carbons (Fsp3) is 0.214. The van der Waals surface area contributed by atoms with Crippen molar-refractivity contribution in [3.63, 3.8) is 0 Å². The second kappa shape index (κ2) is 5.95. The van der Waals surface area contributed by atoms with E-state index >= 15 is 0 Å². The van der Waals surface area contributed by atoms with Gasteiger partial charge in [0, 0.05) is 24.5 Å². The second-order valence-electron chi connectivity index (χ2n) is 4.13. The molecule has 0 aliphatic heterocycles. The molecule has 0 bridgehead atoms. The minimum Gasteiger partial charge on any atom is -0.370 e. The van der Waals surface area contributed by atoms with Crippen LogP contribution in [0.3, 0.4) is 0 Å². The number of rotatable bonds is 4. The molecule has 2 aromatic heterocycles. The Balaban J connectivity index is 2.13. The van der Waals surface area contributed by atoms with Crippen molar-refractivity contribution in [3.05, 3.63) is 47.8 Å². The van der Waals surface area contributed by atoms with E-state index in [2.05, 4.69) is 20.6 Å². The standard InChI is InChI=1S/C14H16N4O/c1-3-15-12-9-11(5-7-16-12)14(19)18-13-8-10(2)4-6-17-13/h4-9H,3H2,1-2H3,(H,15,16)(H,17,18,19). The summed E-state index contributed by atoms with van der Waals surface area (Å²) in [6.45, 7) is 4.69. The minimum absolute atomic E-state index is 0.195. The molecule has 5 heteroatoms. The minimum atomic E-state index is -0.195. The van der Waals surface area contributed by atoms with Crippen LogP contribution in [-0.4, -0.2) is 22.4 Å². The number of hydrogen-bond acceptors (Lipinski definition) is 4. The number of amides is 1. The van der Waals surface area contributed by atoms with E-state index in [0.29, 0.717) is 17.2 Å². The summed E-state index contributed by atoms with van der Waals surface area (Å²) in [5, 5.41) is 5.83. The van der Waals surface area contributed by atoms with Crippen LogP contribution in [0.15, 0.2) is 36.7 Å². The average molecular weight is 256 g/mol. The van der Waals surface area contributed by atoms with Crippen molar-refractivity contribution in [3.8, 4) is 0 Å². The number of pyridine rings is 2. The van der Waals surface area contributed by atoms with Crippen molar-refractivity contribution in [2.75, 3.05) is 17.2 Å². The number of aromatic nitrogens is 2. The van der Waals surface area contributed by atoms with Crippen LogP contribution < -0.4 is 10.6 Å². The highest BCUT2D eigenvalue weighted by Gasteiger charge is 2.07. The van der Waals surface area contributed by atoms with Crippen molar-refractivity contribution < 1.29 is 4.79 Å². The van der Waals surface area contributed by atoms with Gasteiger partial charge in [-0.25, -0.2) is 9.97 Å². The molecule has 5 nitrogen and oxygen atoms in total. The predicted molar refractivity (Wildman–Crippen MR) is 75.3 cm³/mol. The lowest BCUT2D eigenvalue weighted by Crippen LogP contribution is -2.13. The van der Waals surface area contributed by atoms with Gasteiger partial charge in [0.2, 0.25) is 0 Å². The van der Waals surface area contributed by atoms with Crippen LogP contribution >= 0.6 is 0 Å². The molecular formula is C14H16N4O.